The number of carbonyl (C=O) groups excluding carboxylic acids is 1. The molecule has 2 aromatic rings. The van der Waals surface area contributed by atoms with Gasteiger partial charge in [-0.1, -0.05) is 6.07 Å². The molecule has 0 spiro atoms. The molecule has 2 rings (SSSR count). The van der Waals surface area contributed by atoms with Crippen LogP contribution in [0.15, 0.2) is 18.2 Å². The van der Waals surface area contributed by atoms with Gasteiger partial charge in [0, 0.05) is 39.3 Å². The van der Waals surface area contributed by atoms with E-state index in [0.29, 0.717) is 10.9 Å². The van der Waals surface area contributed by atoms with E-state index >= 15 is 0 Å². The topological polar surface area (TPSA) is 99.7 Å². The van der Waals surface area contributed by atoms with Crippen molar-refractivity contribution >= 4 is 22.5 Å². The summed E-state index contributed by atoms with van der Waals surface area (Å²) in [6.45, 7) is 0. The summed E-state index contributed by atoms with van der Waals surface area (Å²) in [5.41, 5.74) is 0.331. The predicted octanol–water partition coefficient (Wildman–Crippen LogP) is 0.731. The maximum atomic E-state index is 11.9. The molecule has 1 heterocycles. The van der Waals surface area contributed by atoms with Crippen molar-refractivity contribution in [2.45, 2.75) is 0 Å². The molecule has 0 bridgehead atoms. The summed E-state index contributed by atoms with van der Waals surface area (Å²) in [6, 6.07) is 4.03. The zero-order chi connectivity index (χ0) is 13.3. The summed E-state index contributed by atoms with van der Waals surface area (Å²) in [4.78, 5) is 26.7. The van der Waals surface area contributed by atoms with E-state index in [0.717, 1.165) is 5.06 Å². The molecule has 0 aliphatic heterocycles. The minimum Gasteiger partial charge on any atom is -0.574 e. The summed E-state index contributed by atoms with van der Waals surface area (Å²) in [5.74, 6) is -0.513. The number of nitrogens with zero attached hydrogens (tertiary/aromatic N) is 4. The molecule has 0 fully saturated rings. The van der Waals surface area contributed by atoms with Gasteiger partial charge in [-0.25, -0.2) is 5.06 Å². The third-order valence-corrected chi connectivity index (χ3v) is 2.47. The molecule has 0 unspecified atom stereocenters. The van der Waals surface area contributed by atoms with Crippen molar-refractivity contribution in [3.05, 3.63) is 34.0 Å². The first kappa shape index (κ1) is 15.2. The summed E-state index contributed by atoms with van der Waals surface area (Å²) >= 11 is 0. The van der Waals surface area contributed by atoms with E-state index in [1.165, 1.54) is 32.4 Å². The van der Waals surface area contributed by atoms with Crippen molar-refractivity contribution in [3.63, 3.8) is 0 Å². The second kappa shape index (κ2) is 5.87. The molecule has 19 heavy (non-hydrogen) atoms. The molecular weight excluding hydrogens is 432 g/mol. The fourth-order valence-electron chi connectivity index (χ4n) is 1.46. The molecule has 1 amide bonds. The molecule has 8 nitrogen and oxygen atoms in total. The summed E-state index contributed by atoms with van der Waals surface area (Å²) in [5, 5.41) is 19.5. The molecule has 103 valence electrons. The summed E-state index contributed by atoms with van der Waals surface area (Å²) < 4.78 is 0. The van der Waals surface area contributed by atoms with Gasteiger partial charge in [0.05, 0.1) is 12.0 Å². The van der Waals surface area contributed by atoms with Crippen molar-refractivity contribution in [2.24, 2.45) is 0 Å². The van der Waals surface area contributed by atoms with Crippen LogP contribution in [0, 0.1) is 10.1 Å². The number of nitro benzene ring substituents is 1. The fraction of sp³-hybridized carbons (Fsp3) is 0.200. The molecular formula is C10H9IrN4O4-. The SMILES string of the molecule is CON(C)C(=O)c1n[n-]c2ccc([N+](=O)[O-])cc12.[Ir]. The standard InChI is InChI=1S/C10H10N4O4.Ir/c1-13(18-2)10(15)9-7-5-6(14(16)17)3-4-8(7)11-12-9;/h3-5H,1-2H3,(H,11,12,15);/p-1. The number of rotatable bonds is 3. The normalized spacial score (nSPS) is 10.0. The van der Waals surface area contributed by atoms with E-state index < -0.39 is 10.8 Å². The Bertz CT molecular complexity index is 627. The number of carbonyl (C=O) groups is 1. The fourth-order valence-corrected chi connectivity index (χ4v) is 1.46. The Balaban J connectivity index is 0.00000180. The molecule has 0 aliphatic carbocycles. The van der Waals surface area contributed by atoms with E-state index in [9.17, 15) is 14.9 Å². The van der Waals surface area contributed by atoms with E-state index in [-0.39, 0.29) is 31.5 Å². The van der Waals surface area contributed by atoms with Gasteiger partial charge in [0.15, 0.2) is 0 Å². The smallest absolute Gasteiger partial charge is 0.294 e. The Kier molecular flexibility index (Phi) is 4.71. The van der Waals surface area contributed by atoms with Gasteiger partial charge in [0.1, 0.15) is 5.69 Å². The zero-order valence-corrected chi connectivity index (χ0v) is 12.4. The summed E-state index contributed by atoms with van der Waals surface area (Å²) in [7, 11) is 2.75. The maximum Gasteiger partial charge on any atom is 0.294 e. The summed E-state index contributed by atoms with van der Waals surface area (Å²) in [6.07, 6.45) is 0. The van der Waals surface area contributed by atoms with Gasteiger partial charge in [-0.3, -0.25) is 19.7 Å². The van der Waals surface area contributed by atoms with Crippen molar-refractivity contribution in [1.29, 1.82) is 0 Å². The Morgan fingerprint density at radius 1 is 1.53 bits per heavy atom. The molecule has 0 saturated heterocycles. The average Bonchev–Trinajstić information content (AvgIpc) is 2.79. The number of amides is 1. The first-order chi connectivity index (χ1) is 8.54. The Morgan fingerprint density at radius 3 is 2.79 bits per heavy atom. The van der Waals surface area contributed by atoms with Crippen molar-refractivity contribution < 1.29 is 34.7 Å². The molecule has 0 saturated carbocycles. The number of fused-ring (bicyclic) bond motifs is 1. The third-order valence-electron chi connectivity index (χ3n) is 2.47. The van der Waals surface area contributed by atoms with Gasteiger partial charge >= 0.3 is 0 Å². The molecule has 1 radical (unpaired) electrons. The van der Waals surface area contributed by atoms with Crippen molar-refractivity contribution in [3.8, 4) is 0 Å². The van der Waals surface area contributed by atoms with Crippen LogP contribution in [0.1, 0.15) is 10.5 Å². The number of hydrogen-bond acceptors (Lipinski definition) is 5. The molecule has 9 heteroatoms. The molecule has 1 aromatic carbocycles. The Morgan fingerprint density at radius 2 is 2.21 bits per heavy atom. The van der Waals surface area contributed by atoms with Crippen LogP contribution in [0.3, 0.4) is 0 Å². The maximum absolute atomic E-state index is 11.9. The number of hydroxylamine groups is 2. The first-order valence-corrected chi connectivity index (χ1v) is 4.94. The van der Waals surface area contributed by atoms with Crippen LogP contribution in [-0.4, -0.2) is 35.1 Å². The van der Waals surface area contributed by atoms with Crippen LogP contribution in [0.25, 0.3) is 10.9 Å². The van der Waals surface area contributed by atoms with Gasteiger partial charge in [0.25, 0.3) is 11.6 Å². The van der Waals surface area contributed by atoms with Crippen LogP contribution in [-0.2, 0) is 24.9 Å². The van der Waals surface area contributed by atoms with E-state index in [4.69, 9.17) is 4.84 Å². The van der Waals surface area contributed by atoms with Crippen molar-refractivity contribution in [1.82, 2.24) is 15.3 Å². The monoisotopic (exact) mass is 442 g/mol. The Hall–Kier alpha value is -1.83. The van der Waals surface area contributed by atoms with Gasteiger partial charge in [-0.05, 0) is 5.39 Å². The second-order valence-corrected chi connectivity index (χ2v) is 3.49. The number of nitro groups is 1. The third kappa shape index (κ3) is 2.78. The molecule has 0 N–H and O–H groups in total. The van der Waals surface area contributed by atoms with Gasteiger partial charge < -0.3 is 10.2 Å². The number of benzene rings is 1. The predicted molar refractivity (Wildman–Crippen MR) is 60.8 cm³/mol. The Labute approximate surface area is 121 Å². The number of aromatic nitrogens is 2. The zero-order valence-electron chi connectivity index (χ0n) is 9.99. The first-order valence-electron chi connectivity index (χ1n) is 4.94. The number of hydrogen-bond donors (Lipinski definition) is 0. The minimum atomic E-state index is -0.541. The van der Waals surface area contributed by atoms with E-state index in [2.05, 4.69) is 10.2 Å². The van der Waals surface area contributed by atoms with Crippen LogP contribution in [0.5, 0.6) is 0 Å². The molecule has 0 aliphatic rings. The molecule has 0 atom stereocenters. The second-order valence-electron chi connectivity index (χ2n) is 3.49. The largest absolute Gasteiger partial charge is 0.574 e. The van der Waals surface area contributed by atoms with E-state index in [1.807, 2.05) is 0 Å². The van der Waals surface area contributed by atoms with Crippen LogP contribution in [0.2, 0.25) is 0 Å². The van der Waals surface area contributed by atoms with Crippen LogP contribution in [0.4, 0.5) is 5.69 Å². The van der Waals surface area contributed by atoms with E-state index in [1.54, 1.807) is 0 Å². The van der Waals surface area contributed by atoms with Gasteiger partial charge in [-0.2, -0.15) is 0 Å². The van der Waals surface area contributed by atoms with Gasteiger partial charge in [0.2, 0.25) is 0 Å². The number of non-ortho nitro benzene ring substituents is 1. The van der Waals surface area contributed by atoms with Gasteiger partial charge in [-0.15, -0.1) is 5.52 Å². The quantitative estimate of drug-likeness (QED) is 0.514. The van der Waals surface area contributed by atoms with Crippen LogP contribution < -0.4 is 5.10 Å². The average molecular weight is 441 g/mol. The molecule has 1 aromatic heterocycles. The van der Waals surface area contributed by atoms with Crippen LogP contribution >= 0.6 is 0 Å². The van der Waals surface area contributed by atoms with Crippen molar-refractivity contribution in [2.75, 3.05) is 14.2 Å². The minimum absolute atomic E-state index is 0.